The van der Waals surface area contributed by atoms with Crippen LogP contribution in [0.5, 0.6) is 11.5 Å². The second-order valence-corrected chi connectivity index (χ2v) is 6.53. The Morgan fingerprint density at radius 1 is 1.14 bits per heavy atom. The van der Waals surface area contributed by atoms with Gasteiger partial charge in [0.15, 0.2) is 11.5 Å². The fourth-order valence-electron chi connectivity index (χ4n) is 2.43. The summed E-state index contributed by atoms with van der Waals surface area (Å²) in [5.41, 5.74) is 2.65. The van der Waals surface area contributed by atoms with Gasteiger partial charge in [0, 0.05) is 15.6 Å². The highest BCUT2D eigenvalue weighted by Gasteiger charge is 2.17. The number of hydrogen-bond donors (Lipinski definition) is 1. The first-order chi connectivity index (χ1) is 10.6. The monoisotopic (exact) mass is 334 g/mol. The number of rotatable bonds is 5. The third-order valence-corrected chi connectivity index (χ3v) is 5.44. The van der Waals surface area contributed by atoms with Crippen molar-refractivity contribution >= 4 is 38.0 Å². The van der Waals surface area contributed by atoms with Crippen molar-refractivity contribution in [2.45, 2.75) is 6.42 Å². The highest BCUT2D eigenvalue weighted by atomic mass is 32.1. The predicted molar refractivity (Wildman–Crippen MR) is 89.6 cm³/mol. The zero-order valence-electron chi connectivity index (χ0n) is 12.1. The average Bonchev–Trinajstić information content (AvgIpc) is 3.09. The van der Waals surface area contributed by atoms with E-state index in [1.807, 2.05) is 11.4 Å². The van der Waals surface area contributed by atoms with E-state index in [4.69, 9.17) is 9.47 Å². The Morgan fingerprint density at radius 3 is 2.55 bits per heavy atom. The molecule has 114 valence electrons. The van der Waals surface area contributed by atoms with Gasteiger partial charge >= 0.3 is 5.97 Å². The van der Waals surface area contributed by atoms with Gasteiger partial charge in [-0.3, -0.25) is 4.79 Å². The van der Waals surface area contributed by atoms with Gasteiger partial charge in [-0.25, -0.2) is 0 Å². The Labute approximate surface area is 135 Å². The maximum absolute atomic E-state index is 11.2. The number of carboxylic acid groups (broad SMARTS) is 1. The lowest BCUT2D eigenvalue weighted by molar-refractivity contribution is -0.136. The molecular weight excluding hydrogens is 320 g/mol. The molecule has 0 aliphatic carbocycles. The standard InChI is InChI=1S/C16H14O4S2/c1-19-12-5-9(6-15(17)18)10(7-13(12)20-2)11-8-22-14-3-4-21-16(11)14/h3-5,7-8H,6H2,1-2H3,(H,17,18). The van der Waals surface area contributed by atoms with E-state index in [0.717, 1.165) is 16.7 Å². The summed E-state index contributed by atoms with van der Waals surface area (Å²) < 4.78 is 13.0. The number of carboxylic acids is 1. The first-order valence-corrected chi connectivity index (χ1v) is 8.31. The van der Waals surface area contributed by atoms with Crippen LogP contribution in [-0.2, 0) is 11.2 Å². The van der Waals surface area contributed by atoms with Crippen molar-refractivity contribution in [3.05, 3.63) is 34.5 Å². The minimum absolute atomic E-state index is 0.0571. The van der Waals surface area contributed by atoms with Crippen LogP contribution in [0.15, 0.2) is 29.0 Å². The Balaban J connectivity index is 2.23. The van der Waals surface area contributed by atoms with Gasteiger partial charge in [-0.15, -0.1) is 22.7 Å². The molecule has 2 aromatic heterocycles. The van der Waals surface area contributed by atoms with Gasteiger partial charge in [0.05, 0.1) is 25.3 Å². The largest absolute Gasteiger partial charge is 0.493 e. The number of carbonyl (C=O) groups is 1. The number of methoxy groups -OCH3 is 2. The van der Waals surface area contributed by atoms with Crippen molar-refractivity contribution in [1.82, 2.24) is 0 Å². The summed E-state index contributed by atoms with van der Waals surface area (Å²) in [6.07, 6.45) is -0.0571. The van der Waals surface area contributed by atoms with Gasteiger partial charge in [-0.2, -0.15) is 0 Å². The van der Waals surface area contributed by atoms with Crippen LogP contribution in [0.4, 0.5) is 0 Å². The molecule has 0 unspecified atom stereocenters. The summed E-state index contributed by atoms with van der Waals surface area (Å²) in [7, 11) is 3.12. The zero-order chi connectivity index (χ0) is 15.7. The molecule has 0 atom stereocenters. The van der Waals surface area contributed by atoms with Crippen molar-refractivity contribution in [3.8, 4) is 22.6 Å². The minimum Gasteiger partial charge on any atom is -0.493 e. The molecule has 0 spiro atoms. The molecule has 0 radical (unpaired) electrons. The molecule has 0 bridgehead atoms. The second-order valence-electron chi connectivity index (χ2n) is 4.70. The smallest absolute Gasteiger partial charge is 0.307 e. The lowest BCUT2D eigenvalue weighted by Gasteiger charge is -2.13. The third kappa shape index (κ3) is 2.55. The number of benzene rings is 1. The van der Waals surface area contributed by atoms with E-state index in [9.17, 15) is 9.90 Å². The molecule has 3 aromatic rings. The maximum atomic E-state index is 11.2. The number of hydrogen-bond acceptors (Lipinski definition) is 5. The second kappa shape index (κ2) is 5.98. The lowest BCUT2D eigenvalue weighted by Crippen LogP contribution is -2.03. The summed E-state index contributed by atoms with van der Waals surface area (Å²) in [6, 6.07) is 5.68. The number of ether oxygens (including phenoxy) is 2. The molecular formula is C16H14O4S2. The fraction of sp³-hybridized carbons (Fsp3) is 0.188. The van der Waals surface area contributed by atoms with Crippen LogP contribution in [0.2, 0.25) is 0 Å². The SMILES string of the molecule is COc1cc(CC(=O)O)c(-c2csc3ccsc23)cc1OC. The summed E-state index contributed by atoms with van der Waals surface area (Å²) in [5.74, 6) is 0.272. The van der Waals surface area contributed by atoms with E-state index in [1.54, 1.807) is 43.0 Å². The van der Waals surface area contributed by atoms with Crippen LogP contribution in [-0.4, -0.2) is 25.3 Å². The summed E-state index contributed by atoms with van der Waals surface area (Å²) >= 11 is 3.31. The van der Waals surface area contributed by atoms with Gasteiger partial charge < -0.3 is 14.6 Å². The summed E-state index contributed by atoms with van der Waals surface area (Å²) in [5, 5.41) is 13.3. The van der Waals surface area contributed by atoms with Crippen LogP contribution in [0.25, 0.3) is 20.5 Å². The normalized spacial score (nSPS) is 10.8. The zero-order valence-corrected chi connectivity index (χ0v) is 13.7. The summed E-state index contributed by atoms with van der Waals surface area (Å²) in [6.45, 7) is 0. The molecule has 1 N–H and O–H groups in total. The van der Waals surface area contributed by atoms with Gasteiger partial charge in [0.2, 0.25) is 0 Å². The Morgan fingerprint density at radius 2 is 1.86 bits per heavy atom. The predicted octanol–water partition coefficient (Wildman–Crippen LogP) is 4.27. The Bertz CT molecular complexity index is 832. The van der Waals surface area contributed by atoms with Gasteiger partial charge in [0.1, 0.15) is 0 Å². The van der Waals surface area contributed by atoms with Crippen molar-refractivity contribution in [1.29, 1.82) is 0 Å². The molecule has 22 heavy (non-hydrogen) atoms. The van der Waals surface area contributed by atoms with Gasteiger partial charge in [-0.1, -0.05) is 0 Å². The highest BCUT2D eigenvalue weighted by Crippen LogP contribution is 2.42. The van der Waals surface area contributed by atoms with E-state index in [2.05, 4.69) is 11.4 Å². The number of fused-ring (bicyclic) bond motifs is 1. The fourth-order valence-corrected chi connectivity index (χ4v) is 4.55. The molecule has 0 amide bonds. The molecule has 0 saturated carbocycles. The van der Waals surface area contributed by atoms with Crippen LogP contribution in [0, 0.1) is 0 Å². The summed E-state index contributed by atoms with van der Waals surface area (Å²) in [4.78, 5) is 11.2. The van der Waals surface area contributed by atoms with Gasteiger partial charge in [-0.05, 0) is 34.7 Å². The molecule has 6 heteroatoms. The van der Waals surface area contributed by atoms with Crippen molar-refractivity contribution in [2.75, 3.05) is 14.2 Å². The molecule has 0 aliphatic rings. The average molecular weight is 334 g/mol. The van der Waals surface area contributed by atoms with Crippen LogP contribution in [0.1, 0.15) is 5.56 Å². The quantitative estimate of drug-likeness (QED) is 0.757. The van der Waals surface area contributed by atoms with Gasteiger partial charge in [0.25, 0.3) is 0 Å². The highest BCUT2D eigenvalue weighted by molar-refractivity contribution is 7.26. The molecule has 3 rings (SSSR count). The minimum atomic E-state index is -0.869. The number of aliphatic carboxylic acids is 1. The van der Waals surface area contributed by atoms with Crippen molar-refractivity contribution < 1.29 is 19.4 Å². The third-order valence-electron chi connectivity index (χ3n) is 3.42. The first-order valence-electron chi connectivity index (χ1n) is 6.55. The number of thiophene rings is 2. The maximum Gasteiger partial charge on any atom is 0.307 e. The lowest BCUT2D eigenvalue weighted by atomic mass is 9.98. The first kappa shape index (κ1) is 14.9. The molecule has 0 saturated heterocycles. The Hall–Kier alpha value is -2.05. The Kier molecular flexibility index (Phi) is 4.04. The van der Waals surface area contributed by atoms with E-state index in [-0.39, 0.29) is 6.42 Å². The van der Waals surface area contributed by atoms with Crippen LogP contribution in [0.3, 0.4) is 0 Å². The van der Waals surface area contributed by atoms with Crippen LogP contribution >= 0.6 is 22.7 Å². The van der Waals surface area contributed by atoms with E-state index in [1.165, 1.54) is 9.40 Å². The van der Waals surface area contributed by atoms with E-state index < -0.39 is 5.97 Å². The molecule has 2 heterocycles. The molecule has 4 nitrogen and oxygen atoms in total. The van der Waals surface area contributed by atoms with Crippen LogP contribution < -0.4 is 9.47 Å². The van der Waals surface area contributed by atoms with E-state index >= 15 is 0 Å². The van der Waals surface area contributed by atoms with Crippen molar-refractivity contribution in [3.63, 3.8) is 0 Å². The molecule has 1 aromatic carbocycles. The molecule has 0 aliphatic heterocycles. The van der Waals surface area contributed by atoms with Crippen molar-refractivity contribution in [2.24, 2.45) is 0 Å². The molecule has 0 fully saturated rings. The van der Waals surface area contributed by atoms with E-state index in [0.29, 0.717) is 11.5 Å². The topological polar surface area (TPSA) is 55.8 Å².